The lowest BCUT2D eigenvalue weighted by atomic mass is 10.0. The lowest BCUT2D eigenvalue weighted by Crippen LogP contribution is -2.42. The molecule has 5 nitrogen and oxygen atoms in total. The molecule has 20 heavy (non-hydrogen) atoms. The predicted octanol–water partition coefficient (Wildman–Crippen LogP) is 1.54. The monoisotopic (exact) mass is 283 g/mol. The quantitative estimate of drug-likeness (QED) is 0.593. The third-order valence-corrected chi connectivity index (χ3v) is 4.12. The highest BCUT2D eigenvalue weighted by molar-refractivity contribution is 5.79. The highest BCUT2D eigenvalue weighted by atomic mass is 16.5. The van der Waals surface area contributed by atoms with Gasteiger partial charge in [0.2, 0.25) is 0 Å². The van der Waals surface area contributed by atoms with E-state index in [2.05, 4.69) is 29.5 Å². The second-order valence-corrected chi connectivity index (χ2v) is 6.03. The van der Waals surface area contributed by atoms with Crippen LogP contribution in [-0.4, -0.2) is 51.0 Å². The predicted molar refractivity (Wildman–Crippen MR) is 81.1 cm³/mol. The van der Waals surface area contributed by atoms with Crippen LogP contribution in [0.25, 0.3) is 0 Å². The van der Waals surface area contributed by atoms with Crippen molar-refractivity contribution in [2.45, 2.75) is 45.1 Å². The van der Waals surface area contributed by atoms with Crippen LogP contribution >= 0.6 is 0 Å². The van der Waals surface area contributed by atoms with Crippen LogP contribution in [-0.2, 0) is 9.47 Å². The summed E-state index contributed by atoms with van der Waals surface area (Å²) in [6, 6.07) is 0. The first kappa shape index (κ1) is 15.6. The molecule has 0 aliphatic carbocycles. The number of nitrogens with one attached hydrogen (secondary N) is 2. The maximum Gasteiger partial charge on any atom is 0.191 e. The molecule has 0 saturated carbocycles. The Morgan fingerprint density at radius 1 is 1.25 bits per heavy atom. The molecular formula is C15H29N3O2. The van der Waals surface area contributed by atoms with Crippen molar-refractivity contribution in [2.24, 2.45) is 10.9 Å². The molecule has 1 atom stereocenters. The topological polar surface area (TPSA) is 54.9 Å². The molecule has 2 aliphatic heterocycles. The first-order valence-corrected chi connectivity index (χ1v) is 7.96. The van der Waals surface area contributed by atoms with Crippen LogP contribution in [0.3, 0.4) is 0 Å². The molecule has 116 valence electrons. The van der Waals surface area contributed by atoms with E-state index in [0.29, 0.717) is 5.92 Å². The molecule has 0 aromatic rings. The van der Waals surface area contributed by atoms with E-state index in [9.17, 15) is 0 Å². The van der Waals surface area contributed by atoms with Gasteiger partial charge in [-0.05, 0) is 45.4 Å². The fraction of sp³-hybridized carbons (Fsp3) is 0.933. The van der Waals surface area contributed by atoms with Gasteiger partial charge in [-0.3, -0.25) is 4.99 Å². The lowest BCUT2D eigenvalue weighted by Gasteiger charge is -2.24. The number of hydrogen-bond donors (Lipinski definition) is 2. The fourth-order valence-electron chi connectivity index (χ4n) is 2.74. The molecular weight excluding hydrogens is 254 g/mol. The van der Waals surface area contributed by atoms with Crippen LogP contribution in [0.4, 0.5) is 0 Å². The van der Waals surface area contributed by atoms with Gasteiger partial charge in [0.25, 0.3) is 0 Å². The Kier molecular flexibility index (Phi) is 6.10. The van der Waals surface area contributed by atoms with Crippen LogP contribution in [0.2, 0.25) is 0 Å². The number of nitrogens with zero attached hydrogens (tertiary/aromatic N) is 1. The van der Waals surface area contributed by atoms with Crippen molar-refractivity contribution in [2.75, 3.05) is 39.5 Å². The van der Waals surface area contributed by atoms with Crippen LogP contribution in [0.1, 0.15) is 39.5 Å². The van der Waals surface area contributed by atoms with Gasteiger partial charge in [-0.15, -0.1) is 0 Å². The van der Waals surface area contributed by atoms with Gasteiger partial charge in [-0.2, -0.15) is 0 Å². The van der Waals surface area contributed by atoms with Gasteiger partial charge in [0, 0.05) is 32.9 Å². The molecule has 0 bridgehead atoms. The molecule has 2 heterocycles. The molecule has 2 saturated heterocycles. The van der Waals surface area contributed by atoms with E-state index in [1.807, 2.05) is 0 Å². The fourth-order valence-corrected chi connectivity index (χ4v) is 2.74. The van der Waals surface area contributed by atoms with E-state index in [4.69, 9.17) is 9.47 Å². The molecule has 2 fully saturated rings. The smallest absolute Gasteiger partial charge is 0.191 e. The lowest BCUT2D eigenvalue weighted by molar-refractivity contribution is 0.0283. The molecule has 0 amide bonds. The van der Waals surface area contributed by atoms with Crippen LogP contribution < -0.4 is 10.6 Å². The Labute approximate surface area is 122 Å². The maximum absolute atomic E-state index is 5.78. The van der Waals surface area contributed by atoms with Gasteiger partial charge in [0.05, 0.1) is 12.1 Å². The van der Waals surface area contributed by atoms with Crippen molar-refractivity contribution < 1.29 is 9.47 Å². The summed E-state index contributed by atoms with van der Waals surface area (Å²) in [5.41, 5.74) is -0.0684. The zero-order valence-electron chi connectivity index (χ0n) is 12.9. The highest BCUT2D eigenvalue weighted by Crippen LogP contribution is 2.25. The Morgan fingerprint density at radius 3 is 2.70 bits per heavy atom. The Hall–Kier alpha value is -0.810. The number of aliphatic imine (C=N–C) groups is 1. The maximum atomic E-state index is 5.78. The van der Waals surface area contributed by atoms with E-state index in [1.54, 1.807) is 0 Å². The number of rotatable bonds is 5. The minimum Gasteiger partial charge on any atom is -0.381 e. The van der Waals surface area contributed by atoms with Crippen LogP contribution in [0.15, 0.2) is 4.99 Å². The first-order chi connectivity index (χ1) is 9.72. The molecule has 2 rings (SSSR count). The minimum absolute atomic E-state index is 0.0684. The van der Waals surface area contributed by atoms with Crippen LogP contribution in [0.5, 0.6) is 0 Å². The van der Waals surface area contributed by atoms with Crippen molar-refractivity contribution in [3.63, 3.8) is 0 Å². The van der Waals surface area contributed by atoms with Crippen molar-refractivity contribution >= 4 is 5.96 Å². The Balaban J connectivity index is 1.78. The zero-order chi connectivity index (χ0) is 14.3. The summed E-state index contributed by atoms with van der Waals surface area (Å²) >= 11 is 0. The molecule has 0 radical (unpaired) electrons. The molecule has 2 N–H and O–H groups in total. The number of ether oxygens (including phenoxy) is 2. The van der Waals surface area contributed by atoms with E-state index in [0.717, 1.165) is 71.1 Å². The normalized spacial score (nSPS) is 28.6. The minimum atomic E-state index is -0.0684. The van der Waals surface area contributed by atoms with E-state index < -0.39 is 0 Å². The summed E-state index contributed by atoms with van der Waals surface area (Å²) in [4.78, 5) is 4.69. The molecule has 0 aromatic carbocycles. The molecule has 1 unspecified atom stereocenters. The second-order valence-electron chi connectivity index (χ2n) is 6.03. The third kappa shape index (κ3) is 4.94. The average Bonchev–Trinajstić information content (AvgIpc) is 2.90. The first-order valence-electron chi connectivity index (χ1n) is 7.96. The zero-order valence-corrected chi connectivity index (χ0v) is 12.9. The van der Waals surface area contributed by atoms with E-state index >= 15 is 0 Å². The van der Waals surface area contributed by atoms with E-state index in [1.165, 1.54) is 0 Å². The SMILES string of the molecule is CCNC(=NCC1(C)CCCO1)NCC1CCOCC1. The van der Waals surface area contributed by atoms with Crippen molar-refractivity contribution in [3.05, 3.63) is 0 Å². The summed E-state index contributed by atoms with van der Waals surface area (Å²) < 4.78 is 11.2. The Bertz CT molecular complexity index is 308. The Morgan fingerprint density at radius 2 is 2.05 bits per heavy atom. The standard InChI is InChI=1S/C15H29N3O2/c1-3-16-14(17-11-13-5-9-19-10-6-13)18-12-15(2)7-4-8-20-15/h13H,3-12H2,1-2H3,(H2,16,17,18). The molecule has 0 spiro atoms. The summed E-state index contributed by atoms with van der Waals surface area (Å²) in [5.74, 6) is 1.61. The number of hydrogen-bond acceptors (Lipinski definition) is 3. The largest absolute Gasteiger partial charge is 0.381 e. The van der Waals surface area contributed by atoms with Gasteiger partial charge in [-0.1, -0.05) is 0 Å². The van der Waals surface area contributed by atoms with Crippen molar-refractivity contribution in [1.29, 1.82) is 0 Å². The van der Waals surface area contributed by atoms with Gasteiger partial charge >= 0.3 is 0 Å². The van der Waals surface area contributed by atoms with Crippen LogP contribution in [0, 0.1) is 5.92 Å². The van der Waals surface area contributed by atoms with Gasteiger partial charge in [0.15, 0.2) is 5.96 Å². The van der Waals surface area contributed by atoms with Crippen molar-refractivity contribution in [3.8, 4) is 0 Å². The van der Waals surface area contributed by atoms with Gasteiger partial charge < -0.3 is 20.1 Å². The summed E-state index contributed by atoms with van der Waals surface area (Å²) in [5, 5.41) is 6.77. The molecule has 5 heteroatoms. The highest BCUT2D eigenvalue weighted by Gasteiger charge is 2.29. The third-order valence-electron chi connectivity index (χ3n) is 4.12. The van der Waals surface area contributed by atoms with Crippen molar-refractivity contribution in [1.82, 2.24) is 10.6 Å². The second kappa shape index (κ2) is 7.84. The molecule has 0 aromatic heterocycles. The molecule has 2 aliphatic rings. The van der Waals surface area contributed by atoms with Gasteiger partial charge in [0.1, 0.15) is 0 Å². The number of guanidine groups is 1. The summed E-state index contributed by atoms with van der Waals surface area (Å²) in [6.45, 7) is 9.51. The van der Waals surface area contributed by atoms with Gasteiger partial charge in [-0.25, -0.2) is 0 Å². The summed E-state index contributed by atoms with van der Waals surface area (Å²) in [7, 11) is 0. The summed E-state index contributed by atoms with van der Waals surface area (Å²) in [6.07, 6.45) is 4.55. The average molecular weight is 283 g/mol. The van der Waals surface area contributed by atoms with E-state index in [-0.39, 0.29) is 5.60 Å².